The van der Waals surface area contributed by atoms with Crippen LogP contribution in [0.4, 0.5) is 5.69 Å². The number of sulfonamides is 1. The molecule has 0 aliphatic heterocycles. The van der Waals surface area contributed by atoms with Crippen LogP contribution < -0.4 is 9.62 Å². The van der Waals surface area contributed by atoms with Gasteiger partial charge in [-0.2, -0.15) is 0 Å². The topological polar surface area (TPSA) is 86.8 Å². The Bertz CT molecular complexity index is 1340. The van der Waals surface area contributed by atoms with Crippen LogP contribution in [0.5, 0.6) is 0 Å². The number of nitrogens with zero attached hydrogens (tertiary/aromatic N) is 2. The molecule has 3 aromatic rings. The lowest BCUT2D eigenvalue weighted by molar-refractivity contribution is -0.140. The van der Waals surface area contributed by atoms with Gasteiger partial charge in [-0.05, 0) is 89.5 Å². The van der Waals surface area contributed by atoms with E-state index in [1.165, 1.54) is 17.0 Å². The molecule has 0 heterocycles. The molecular formula is C29H33ClIN3O4S. The van der Waals surface area contributed by atoms with Gasteiger partial charge in [0.15, 0.2) is 0 Å². The maximum atomic E-state index is 14.0. The second-order valence-electron chi connectivity index (χ2n) is 9.02. The highest BCUT2D eigenvalue weighted by Crippen LogP contribution is 2.25. The summed E-state index contributed by atoms with van der Waals surface area (Å²) in [7, 11) is -4.08. The monoisotopic (exact) mass is 681 g/mol. The Hall–Kier alpha value is -2.63. The SMILES string of the molecule is CCCCNC(=O)[C@@H](CC)N(Cc1ccc(Cl)cc1)C(=O)CN(c1ccc(I)cc1)S(=O)(=O)c1ccccc1. The Morgan fingerprint density at radius 1 is 0.949 bits per heavy atom. The molecule has 0 aromatic heterocycles. The highest BCUT2D eigenvalue weighted by molar-refractivity contribution is 14.1. The molecule has 2 amide bonds. The van der Waals surface area contributed by atoms with Crippen LogP contribution in [0.1, 0.15) is 38.7 Å². The summed E-state index contributed by atoms with van der Waals surface area (Å²) >= 11 is 8.20. The minimum atomic E-state index is -4.08. The van der Waals surface area contributed by atoms with E-state index in [1.807, 2.05) is 13.8 Å². The third-order valence-electron chi connectivity index (χ3n) is 6.21. The largest absolute Gasteiger partial charge is 0.354 e. The molecule has 7 nitrogen and oxygen atoms in total. The Morgan fingerprint density at radius 3 is 2.18 bits per heavy atom. The predicted molar refractivity (Wildman–Crippen MR) is 164 cm³/mol. The number of amides is 2. The molecule has 0 saturated carbocycles. The number of hydrogen-bond donors (Lipinski definition) is 1. The number of benzene rings is 3. The molecule has 208 valence electrons. The van der Waals surface area contributed by atoms with Crippen LogP contribution in [0.2, 0.25) is 5.02 Å². The molecule has 39 heavy (non-hydrogen) atoms. The van der Waals surface area contributed by atoms with Crippen molar-refractivity contribution in [3.8, 4) is 0 Å². The summed E-state index contributed by atoms with van der Waals surface area (Å²) in [4.78, 5) is 28.7. The third-order valence-corrected chi connectivity index (χ3v) is 8.97. The van der Waals surface area contributed by atoms with Gasteiger partial charge in [0.25, 0.3) is 10.0 Å². The van der Waals surface area contributed by atoms with E-state index in [0.717, 1.165) is 26.3 Å². The molecule has 10 heteroatoms. The van der Waals surface area contributed by atoms with Gasteiger partial charge in [0.2, 0.25) is 11.8 Å². The maximum absolute atomic E-state index is 14.0. The molecule has 0 bridgehead atoms. The summed E-state index contributed by atoms with van der Waals surface area (Å²) in [6, 6.07) is 21.2. The summed E-state index contributed by atoms with van der Waals surface area (Å²) in [5.74, 6) is -0.750. The van der Waals surface area contributed by atoms with Crippen LogP contribution in [0.15, 0.2) is 83.8 Å². The van der Waals surface area contributed by atoms with Crippen LogP contribution in [0.3, 0.4) is 0 Å². The number of carbonyl (C=O) groups excluding carboxylic acids is 2. The van der Waals surface area contributed by atoms with E-state index in [0.29, 0.717) is 23.7 Å². The quantitative estimate of drug-likeness (QED) is 0.181. The van der Waals surface area contributed by atoms with E-state index < -0.39 is 28.5 Å². The summed E-state index contributed by atoms with van der Waals surface area (Å²) in [6.07, 6.45) is 2.11. The van der Waals surface area contributed by atoms with Crippen LogP contribution in [-0.2, 0) is 26.2 Å². The highest BCUT2D eigenvalue weighted by atomic mass is 127. The van der Waals surface area contributed by atoms with E-state index in [1.54, 1.807) is 66.7 Å². The van der Waals surface area contributed by atoms with E-state index in [2.05, 4.69) is 27.9 Å². The normalized spacial score (nSPS) is 12.0. The van der Waals surface area contributed by atoms with Gasteiger partial charge in [-0.3, -0.25) is 13.9 Å². The van der Waals surface area contributed by atoms with Gasteiger partial charge in [-0.1, -0.05) is 62.2 Å². The number of unbranched alkanes of at least 4 members (excludes halogenated alkanes) is 1. The van der Waals surface area contributed by atoms with Crippen molar-refractivity contribution in [3.63, 3.8) is 0 Å². The fourth-order valence-electron chi connectivity index (χ4n) is 4.07. The minimum Gasteiger partial charge on any atom is -0.354 e. The van der Waals surface area contributed by atoms with Crippen LogP contribution >= 0.6 is 34.2 Å². The van der Waals surface area contributed by atoms with Gasteiger partial charge >= 0.3 is 0 Å². The van der Waals surface area contributed by atoms with E-state index in [4.69, 9.17) is 11.6 Å². The lowest BCUT2D eigenvalue weighted by Crippen LogP contribution is -2.52. The molecule has 0 saturated heterocycles. The Kier molecular flexibility index (Phi) is 11.6. The third kappa shape index (κ3) is 8.43. The minimum absolute atomic E-state index is 0.0740. The number of carbonyl (C=O) groups is 2. The van der Waals surface area contributed by atoms with E-state index in [-0.39, 0.29) is 17.3 Å². The first kappa shape index (κ1) is 30.9. The first-order chi connectivity index (χ1) is 18.7. The second-order valence-corrected chi connectivity index (χ2v) is 12.6. The molecule has 0 spiro atoms. The standard InChI is InChI=1S/C29H33ClIN3O4S/c1-3-5-19-32-29(36)27(4-2)33(20-22-11-13-23(30)14-12-22)28(35)21-34(25-17-15-24(31)16-18-25)39(37,38)26-9-7-6-8-10-26/h6-18,27H,3-5,19-21H2,1-2H3,(H,32,36)/t27-/m1/s1. The summed E-state index contributed by atoms with van der Waals surface area (Å²) in [5, 5.41) is 3.48. The van der Waals surface area contributed by atoms with Crippen molar-refractivity contribution in [2.24, 2.45) is 0 Å². The van der Waals surface area contributed by atoms with Crippen molar-refractivity contribution >= 4 is 61.7 Å². The molecule has 0 aliphatic carbocycles. The maximum Gasteiger partial charge on any atom is 0.264 e. The zero-order valence-corrected chi connectivity index (χ0v) is 25.7. The number of anilines is 1. The van der Waals surface area contributed by atoms with Crippen molar-refractivity contribution in [1.82, 2.24) is 10.2 Å². The second kappa shape index (κ2) is 14.7. The molecule has 0 aliphatic rings. The number of hydrogen-bond acceptors (Lipinski definition) is 4. The number of nitrogens with one attached hydrogen (secondary N) is 1. The summed E-state index contributed by atoms with van der Waals surface area (Å²) in [6.45, 7) is 4.04. The molecule has 3 aromatic carbocycles. The molecule has 3 rings (SSSR count). The fraction of sp³-hybridized carbons (Fsp3) is 0.310. The van der Waals surface area contributed by atoms with E-state index >= 15 is 0 Å². The molecule has 0 unspecified atom stereocenters. The van der Waals surface area contributed by atoms with Crippen molar-refractivity contribution < 1.29 is 18.0 Å². The average molecular weight is 682 g/mol. The van der Waals surface area contributed by atoms with Crippen molar-refractivity contribution in [1.29, 1.82) is 0 Å². The average Bonchev–Trinajstić information content (AvgIpc) is 2.93. The molecule has 0 radical (unpaired) electrons. The fourth-order valence-corrected chi connectivity index (χ4v) is 5.99. The molecule has 1 N–H and O–H groups in total. The summed E-state index contributed by atoms with van der Waals surface area (Å²) < 4.78 is 29.6. The van der Waals surface area contributed by atoms with Gasteiger partial charge in [0.1, 0.15) is 12.6 Å². The molecule has 1 atom stereocenters. The molecular weight excluding hydrogens is 649 g/mol. The van der Waals surface area contributed by atoms with Gasteiger partial charge in [0, 0.05) is 21.7 Å². The number of rotatable bonds is 13. The van der Waals surface area contributed by atoms with Gasteiger partial charge in [-0.15, -0.1) is 0 Å². The van der Waals surface area contributed by atoms with Gasteiger partial charge in [0.05, 0.1) is 10.6 Å². The Morgan fingerprint density at radius 2 is 1.59 bits per heavy atom. The highest BCUT2D eigenvalue weighted by Gasteiger charge is 2.33. The Labute approximate surface area is 249 Å². The van der Waals surface area contributed by atoms with Crippen LogP contribution in [0, 0.1) is 3.57 Å². The lowest BCUT2D eigenvalue weighted by Gasteiger charge is -2.33. The first-order valence-corrected chi connectivity index (χ1v) is 15.7. The Balaban J connectivity index is 2.01. The number of halogens is 2. The summed E-state index contributed by atoms with van der Waals surface area (Å²) in [5.41, 5.74) is 1.14. The molecule has 0 fully saturated rings. The van der Waals surface area contributed by atoms with Crippen molar-refractivity contribution in [2.45, 2.75) is 50.6 Å². The van der Waals surface area contributed by atoms with Gasteiger partial charge < -0.3 is 10.2 Å². The van der Waals surface area contributed by atoms with Crippen molar-refractivity contribution in [2.75, 3.05) is 17.4 Å². The lowest BCUT2D eigenvalue weighted by atomic mass is 10.1. The van der Waals surface area contributed by atoms with Crippen LogP contribution in [0.25, 0.3) is 0 Å². The predicted octanol–water partition coefficient (Wildman–Crippen LogP) is 5.86. The smallest absolute Gasteiger partial charge is 0.264 e. The zero-order valence-electron chi connectivity index (χ0n) is 22.0. The zero-order chi connectivity index (χ0) is 28.4. The van der Waals surface area contributed by atoms with E-state index in [9.17, 15) is 18.0 Å². The van der Waals surface area contributed by atoms with Crippen LogP contribution in [-0.4, -0.2) is 44.3 Å². The first-order valence-electron chi connectivity index (χ1n) is 12.8. The van der Waals surface area contributed by atoms with Gasteiger partial charge in [-0.25, -0.2) is 8.42 Å². The van der Waals surface area contributed by atoms with Crippen molar-refractivity contribution in [3.05, 3.63) is 93.0 Å².